The van der Waals surface area contributed by atoms with E-state index in [9.17, 15) is 9.59 Å². The van der Waals surface area contributed by atoms with Crippen molar-refractivity contribution in [2.75, 3.05) is 33.0 Å². The average Bonchev–Trinajstić information content (AvgIpc) is 2.65. The molecule has 1 N–H and O–H groups in total. The lowest BCUT2D eigenvalue weighted by Crippen LogP contribution is -2.45. The van der Waals surface area contributed by atoms with Crippen LogP contribution in [-0.4, -0.2) is 50.6 Å². The van der Waals surface area contributed by atoms with Gasteiger partial charge in [-0.25, -0.2) is 9.59 Å². The van der Waals surface area contributed by atoms with Gasteiger partial charge in [-0.15, -0.1) is 0 Å². The molecule has 0 fully saturated rings. The summed E-state index contributed by atoms with van der Waals surface area (Å²) in [4.78, 5) is 23.4. The van der Waals surface area contributed by atoms with Gasteiger partial charge in [0.05, 0.1) is 25.7 Å². The first-order chi connectivity index (χ1) is 13.3. The van der Waals surface area contributed by atoms with Gasteiger partial charge in [-0.05, 0) is 39.8 Å². The normalized spacial score (nSPS) is 12.0. The van der Waals surface area contributed by atoms with Gasteiger partial charge in [0, 0.05) is 12.2 Å². The zero-order chi connectivity index (χ0) is 21.0. The van der Waals surface area contributed by atoms with E-state index >= 15 is 0 Å². The quantitative estimate of drug-likeness (QED) is 0.333. The minimum absolute atomic E-state index is 0.0424. The molecule has 0 aliphatic carbocycles. The second-order valence-electron chi connectivity index (χ2n) is 6.82. The largest absolute Gasteiger partial charge is 0.493 e. The lowest BCUT2D eigenvalue weighted by Gasteiger charge is -2.33. The van der Waals surface area contributed by atoms with Crippen LogP contribution < -0.4 is 10.1 Å². The molecule has 0 saturated carbocycles. The van der Waals surface area contributed by atoms with E-state index in [0.29, 0.717) is 25.4 Å². The van der Waals surface area contributed by atoms with Crippen LogP contribution in [0.4, 0.5) is 4.79 Å². The first-order valence-corrected chi connectivity index (χ1v) is 9.31. The summed E-state index contributed by atoms with van der Waals surface area (Å²) in [5.74, 6) is 0.0635. The van der Waals surface area contributed by atoms with Crippen LogP contribution in [0.5, 0.6) is 5.75 Å². The van der Waals surface area contributed by atoms with E-state index in [1.165, 1.54) is 0 Å². The van der Waals surface area contributed by atoms with Crippen molar-refractivity contribution in [3.05, 3.63) is 42.5 Å². The number of para-hydroxylation sites is 1. The third-order valence-electron chi connectivity index (χ3n) is 4.01. The summed E-state index contributed by atoms with van der Waals surface area (Å²) < 4.78 is 21.9. The summed E-state index contributed by atoms with van der Waals surface area (Å²) in [6, 6.07) is 9.43. The monoisotopic (exact) mass is 393 g/mol. The van der Waals surface area contributed by atoms with Crippen LogP contribution >= 0.6 is 0 Å². The molecule has 1 aromatic rings. The lowest BCUT2D eigenvalue weighted by molar-refractivity contribution is -0.138. The summed E-state index contributed by atoms with van der Waals surface area (Å²) in [6.45, 7) is 12.0. The van der Waals surface area contributed by atoms with Gasteiger partial charge in [0.2, 0.25) is 0 Å². The number of benzene rings is 1. The fourth-order valence-electron chi connectivity index (χ4n) is 2.20. The van der Waals surface area contributed by atoms with Gasteiger partial charge < -0.3 is 24.3 Å². The fraction of sp³-hybridized carbons (Fsp3) is 0.524. The molecule has 1 atom stereocenters. The van der Waals surface area contributed by atoms with Gasteiger partial charge in [-0.3, -0.25) is 0 Å². The summed E-state index contributed by atoms with van der Waals surface area (Å²) in [5.41, 5.74) is -0.525. The molecule has 1 amide bonds. The molecule has 0 spiro atoms. The molecule has 7 nitrogen and oxygen atoms in total. The molecule has 28 heavy (non-hydrogen) atoms. The van der Waals surface area contributed by atoms with Gasteiger partial charge in [0.25, 0.3) is 0 Å². The van der Waals surface area contributed by atoms with E-state index in [-0.39, 0.29) is 19.1 Å². The molecular weight excluding hydrogens is 362 g/mol. The number of hydrogen-bond acceptors (Lipinski definition) is 6. The van der Waals surface area contributed by atoms with Gasteiger partial charge in [-0.1, -0.05) is 24.8 Å². The van der Waals surface area contributed by atoms with Crippen molar-refractivity contribution in [2.45, 2.75) is 33.3 Å². The van der Waals surface area contributed by atoms with Crippen LogP contribution in [0.3, 0.4) is 0 Å². The molecular formula is C21H31NO6. The molecule has 0 saturated heterocycles. The summed E-state index contributed by atoms with van der Waals surface area (Å²) >= 11 is 0. The highest BCUT2D eigenvalue weighted by Crippen LogP contribution is 2.24. The number of hydrogen-bond donors (Lipinski definition) is 1. The smallest absolute Gasteiger partial charge is 0.407 e. The average molecular weight is 393 g/mol. The molecule has 1 aromatic carbocycles. The van der Waals surface area contributed by atoms with Crippen molar-refractivity contribution in [2.24, 2.45) is 5.92 Å². The minimum atomic E-state index is -0.831. The second kappa shape index (κ2) is 12.0. The summed E-state index contributed by atoms with van der Waals surface area (Å²) in [7, 11) is 0. The van der Waals surface area contributed by atoms with E-state index in [0.717, 1.165) is 5.75 Å². The molecule has 0 heterocycles. The maximum absolute atomic E-state index is 12.1. The predicted octanol–water partition coefficient (Wildman–Crippen LogP) is 3.34. The fourth-order valence-corrected chi connectivity index (χ4v) is 2.20. The summed E-state index contributed by atoms with van der Waals surface area (Å²) in [5, 5.41) is 2.57. The maximum Gasteiger partial charge on any atom is 0.407 e. The Morgan fingerprint density at radius 1 is 1.18 bits per heavy atom. The van der Waals surface area contributed by atoms with Crippen LogP contribution in [0.1, 0.15) is 27.7 Å². The van der Waals surface area contributed by atoms with Crippen LogP contribution in [-0.2, 0) is 19.0 Å². The molecule has 1 unspecified atom stereocenters. The van der Waals surface area contributed by atoms with E-state index in [4.69, 9.17) is 18.9 Å². The Labute approximate surface area is 167 Å². The molecule has 0 aliphatic rings. The maximum atomic E-state index is 12.1. The topological polar surface area (TPSA) is 83.1 Å². The number of carbonyl (C=O) groups is 2. The zero-order valence-corrected chi connectivity index (χ0v) is 17.2. The highest BCUT2D eigenvalue weighted by Gasteiger charge is 2.34. The number of nitrogens with one attached hydrogen (secondary N) is 1. The minimum Gasteiger partial charge on any atom is -0.493 e. The lowest BCUT2D eigenvalue weighted by atomic mass is 9.92. The van der Waals surface area contributed by atoms with Crippen LogP contribution in [0.15, 0.2) is 42.5 Å². The number of rotatable bonds is 12. The Kier molecular flexibility index (Phi) is 10.1. The third-order valence-corrected chi connectivity index (χ3v) is 4.01. The molecule has 0 aromatic heterocycles. The first-order valence-electron chi connectivity index (χ1n) is 9.31. The molecule has 0 aliphatic heterocycles. The predicted molar refractivity (Wildman–Crippen MR) is 106 cm³/mol. The molecule has 0 bridgehead atoms. The van der Waals surface area contributed by atoms with Crippen LogP contribution in [0, 0.1) is 5.92 Å². The van der Waals surface area contributed by atoms with Crippen molar-refractivity contribution >= 4 is 12.1 Å². The highest BCUT2D eigenvalue weighted by molar-refractivity contribution is 5.86. The molecule has 1 rings (SSSR count). The van der Waals surface area contributed by atoms with Crippen molar-refractivity contribution in [3.63, 3.8) is 0 Å². The molecule has 7 heteroatoms. The number of amides is 1. The standard InChI is InChI=1S/C21H31NO6/c1-6-25-14-17(15-27-18-10-8-7-9-11-18)21(4,5)28-20(24)22-12-13-26-19(23)16(2)3/h7-11,17H,2,6,12-15H2,1,3-5H3,(H,22,24). The molecule has 156 valence electrons. The Bertz CT molecular complexity index is 629. The van der Waals surface area contributed by atoms with E-state index in [1.807, 2.05) is 51.1 Å². The second-order valence-corrected chi connectivity index (χ2v) is 6.82. The van der Waals surface area contributed by atoms with Gasteiger partial charge >= 0.3 is 12.1 Å². The Balaban J connectivity index is 2.53. The highest BCUT2D eigenvalue weighted by atomic mass is 16.6. The van der Waals surface area contributed by atoms with Crippen molar-refractivity contribution in [1.82, 2.24) is 5.32 Å². The Morgan fingerprint density at radius 3 is 2.46 bits per heavy atom. The number of alkyl carbamates (subject to hydrolysis) is 1. The SMILES string of the molecule is C=C(C)C(=O)OCCNC(=O)OC(C)(C)C(COCC)COc1ccccc1. The number of esters is 1. The van der Waals surface area contributed by atoms with Crippen molar-refractivity contribution in [3.8, 4) is 5.75 Å². The summed E-state index contributed by atoms with van der Waals surface area (Å²) in [6.07, 6.45) is -0.599. The van der Waals surface area contributed by atoms with Gasteiger partial charge in [-0.2, -0.15) is 0 Å². The van der Waals surface area contributed by atoms with Crippen LogP contribution in [0.25, 0.3) is 0 Å². The van der Waals surface area contributed by atoms with Gasteiger partial charge in [0.15, 0.2) is 0 Å². The van der Waals surface area contributed by atoms with E-state index in [2.05, 4.69) is 11.9 Å². The van der Waals surface area contributed by atoms with Gasteiger partial charge in [0.1, 0.15) is 18.0 Å². The van der Waals surface area contributed by atoms with Crippen LogP contribution in [0.2, 0.25) is 0 Å². The third kappa shape index (κ3) is 8.90. The first kappa shape index (κ1) is 23.5. The van der Waals surface area contributed by atoms with E-state index in [1.54, 1.807) is 6.92 Å². The molecule has 0 radical (unpaired) electrons. The Hall–Kier alpha value is -2.54. The van der Waals surface area contributed by atoms with E-state index < -0.39 is 17.7 Å². The Morgan fingerprint density at radius 2 is 1.86 bits per heavy atom. The van der Waals surface area contributed by atoms with Crippen molar-refractivity contribution < 1.29 is 28.5 Å². The van der Waals surface area contributed by atoms with Crippen molar-refractivity contribution in [1.29, 1.82) is 0 Å². The number of ether oxygens (including phenoxy) is 4. The number of carbonyl (C=O) groups excluding carboxylic acids is 2. The zero-order valence-electron chi connectivity index (χ0n) is 17.2.